The fraction of sp³-hybridized carbons (Fsp3) is 0.400. The molecule has 60 valence electrons. The van der Waals surface area contributed by atoms with Crippen molar-refractivity contribution >= 4 is 18.1 Å². The van der Waals surface area contributed by atoms with Crippen LogP contribution in [0.25, 0.3) is 0 Å². The molecule has 0 saturated heterocycles. The van der Waals surface area contributed by atoms with Crippen molar-refractivity contribution in [3.05, 3.63) is 0 Å². The minimum absolute atomic E-state index is 0.0557. The van der Waals surface area contributed by atoms with E-state index >= 15 is 0 Å². The van der Waals surface area contributed by atoms with Gasteiger partial charge < -0.3 is 10.4 Å². The van der Waals surface area contributed by atoms with Crippen LogP contribution in [0.1, 0.15) is 6.42 Å². The largest absolute Gasteiger partial charge is 0.481 e. The van der Waals surface area contributed by atoms with Crippen LogP contribution in [0.4, 0.5) is 0 Å². The van der Waals surface area contributed by atoms with Crippen molar-refractivity contribution in [1.29, 1.82) is 5.53 Å². The lowest BCUT2D eigenvalue weighted by Crippen LogP contribution is -2.26. The molecule has 0 aliphatic carbocycles. The third-order valence-corrected chi connectivity index (χ3v) is 0.820. The molecule has 0 atom stereocenters. The maximum absolute atomic E-state index is 10.5. The lowest BCUT2D eigenvalue weighted by molar-refractivity contribution is -0.137. The van der Waals surface area contributed by atoms with Crippen molar-refractivity contribution in [2.24, 2.45) is 0 Å². The predicted octanol–water partition coefficient (Wildman–Crippen LogP) is -1.11. The van der Waals surface area contributed by atoms with Gasteiger partial charge in [-0.2, -0.15) is 0 Å². The van der Waals surface area contributed by atoms with Crippen LogP contribution >= 0.6 is 0 Å². The Kier molecular flexibility index (Phi) is 4.35. The van der Waals surface area contributed by atoms with E-state index in [2.05, 4.69) is 10.1 Å². The van der Waals surface area contributed by atoms with Gasteiger partial charge in [0, 0.05) is 6.54 Å². The molecule has 0 saturated carbocycles. The summed E-state index contributed by atoms with van der Waals surface area (Å²) in [6, 6.07) is 0. The number of nitrogens with one attached hydrogen (secondary N) is 2. The first-order valence-corrected chi connectivity index (χ1v) is 2.86. The number of hydrogen-bond donors (Lipinski definition) is 3. The monoisotopic (exact) mass is 158 g/mol. The first-order chi connectivity index (χ1) is 5.16. The predicted molar refractivity (Wildman–Crippen MR) is 34.3 cm³/mol. The summed E-state index contributed by atoms with van der Waals surface area (Å²) in [7, 11) is 0. The molecular weight excluding hydrogens is 150 g/mol. The van der Waals surface area contributed by atoms with Gasteiger partial charge in [0.2, 0.25) is 0 Å². The van der Waals surface area contributed by atoms with Gasteiger partial charge in [-0.25, -0.2) is 0 Å². The van der Waals surface area contributed by atoms with Gasteiger partial charge >= 0.3 is 18.1 Å². The molecule has 1 amide bonds. The van der Waals surface area contributed by atoms with Gasteiger partial charge in [0.15, 0.2) is 0 Å². The minimum Gasteiger partial charge on any atom is -0.481 e. The average molecular weight is 158 g/mol. The molecule has 0 aromatic heterocycles. The van der Waals surface area contributed by atoms with E-state index < -0.39 is 11.9 Å². The Morgan fingerprint density at radius 2 is 2.27 bits per heavy atom. The Balaban J connectivity index is 3.47. The molecular formula is C5H8N3O3+. The van der Waals surface area contributed by atoms with Gasteiger partial charge in [-0.1, -0.05) is 0 Å². The fourth-order valence-electron chi connectivity index (χ4n) is 0.397. The second-order valence-corrected chi connectivity index (χ2v) is 1.69. The first-order valence-electron chi connectivity index (χ1n) is 2.86. The van der Waals surface area contributed by atoms with Crippen LogP contribution in [0.3, 0.4) is 0 Å². The summed E-state index contributed by atoms with van der Waals surface area (Å²) in [6.45, 7) is 0.0557. The third-order valence-electron chi connectivity index (χ3n) is 0.820. The first kappa shape index (κ1) is 9.32. The third kappa shape index (κ3) is 6.20. The summed E-state index contributed by atoms with van der Waals surface area (Å²) in [5.74, 6) is -1.53. The highest BCUT2D eigenvalue weighted by molar-refractivity contribution is 6.23. The molecule has 0 aromatic rings. The van der Waals surface area contributed by atoms with Gasteiger partial charge in [0.1, 0.15) is 0 Å². The van der Waals surface area contributed by atoms with Crippen LogP contribution < -0.4 is 5.32 Å². The van der Waals surface area contributed by atoms with Crippen molar-refractivity contribution in [3.8, 4) is 0 Å². The quantitative estimate of drug-likeness (QED) is 0.274. The van der Waals surface area contributed by atoms with Crippen LogP contribution in [0, 0.1) is 5.53 Å². The number of carboxylic acid groups (broad SMARTS) is 1. The van der Waals surface area contributed by atoms with E-state index in [-0.39, 0.29) is 13.0 Å². The molecule has 0 aliphatic heterocycles. The van der Waals surface area contributed by atoms with Crippen molar-refractivity contribution in [2.75, 3.05) is 6.54 Å². The van der Waals surface area contributed by atoms with E-state index in [1.807, 2.05) is 0 Å². The van der Waals surface area contributed by atoms with E-state index in [0.29, 0.717) is 0 Å². The standard InChI is InChI=1S/C5H7N3O3/c6-8-3-4(9)7-2-1-5(10)11/h3,6H,1-2H2,(H-,7,9,10,11)/p+1. The zero-order chi connectivity index (χ0) is 8.69. The molecule has 3 N–H and O–H groups in total. The normalized spacial score (nSPS) is 8.00. The highest BCUT2D eigenvalue weighted by Crippen LogP contribution is 1.73. The van der Waals surface area contributed by atoms with Gasteiger partial charge in [0.05, 0.1) is 16.7 Å². The van der Waals surface area contributed by atoms with Crippen molar-refractivity contribution in [3.63, 3.8) is 0 Å². The van der Waals surface area contributed by atoms with Crippen LogP contribution in [0.2, 0.25) is 0 Å². The molecule has 11 heavy (non-hydrogen) atoms. The zero-order valence-electron chi connectivity index (χ0n) is 5.70. The molecule has 0 aliphatic rings. The number of aliphatic carboxylic acids is 1. The number of nitrogens with zero attached hydrogens (tertiary/aromatic N) is 1. The molecule has 0 rings (SSSR count). The molecule has 0 radical (unpaired) electrons. The lowest BCUT2D eigenvalue weighted by Gasteiger charge is -1.93. The van der Waals surface area contributed by atoms with Gasteiger partial charge in [-0.15, -0.1) is 0 Å². The van der Waals surface area contributed by atoms with Gasteiger partial charge in [0.25, 0.3) is 0 Å². The van der Waals surface area contributed by atoms with E-state index in [0.717, 1.165) is 6.21 Å². The summed E-state index contributed by atoms with van der Waals surface area (Å²) in [4.78, 5) is 23.1. The lowest BCUT2D eigenvalue weighted by atomic mass is 10.4. The van der Waals surface area contributed by atoms with Gasteiger partial charge in [-0.3, -0.25) is 9.59 Å². The molecule has 6 nitrogen and oxygen atoms in total. The molecule has 0 fully saturated rings. The molecule has 0 heterocycles. The van der Waals surface area contributed by atoms with Crippen LogP contribution in [0.5, 0.6) is 0 Å². The van der Waals surface area contributed by atoms with Crippen molar-refractivity contribution in [1.82, 2.24) is 5.32 Å². The zero-order valence-corrected chi connectivity index (χ0v) is 5.70. The fourth-order valence-corrected chi connectivity index (χ4v) is 0.397. The summed E-state index contributed by atoms with van der Waals surface area (Å²) in [5, 5.41) is 10.4. The average Bonchev–Trinajstić information content (AvgIpc) is 1.87. The smallest absolute Gasteiger partial charge is 0.394 e. The summed E-state index contributed by atoms with van der Waals surface area (Å²) < 4.78 is 0. The number of carbonyl (C=O) groups is 2. The maximum Gasteiger partial charge on any atom is 0.394 e. The Bertz CT molecular complexity index is 207. The highest BCUT2D eigenvalue weighted by atomic mass is 16.4. The van der Waals surface area contributed by atoms with E-state index in [1.165, 1.54) is 0 Å². The summed E-state index contributed by atoms with van der Waals surface area (Å²) in [6.07, 6.45) is 0.638. The second-order valence-electron chi connectivity index (χ2n) is 1.69. The van der Waals surface area contributed by atoms with Crippen LogP contribution in [-0.2, 0) is 9.59 Å². The van der Waals surface area contributed by atoms with E-state index in [1.54, 1.807) is 0 Å². The highest BCUT2D eigenvalue weighted by Gasteiger charge is 2.02. The topological polar surface area (TPSA) is 104 Å². The van der Waals surface area contributed by atoms with Crippen molar-refractivity contribution in [2.45, 2.75) is 6.42 Å². The number of carbonyl (C=O) groups excluding carboxylic acids is 1. The van der Waals surface area contributed by atoms with E-state index in [4.69, 9.17) is 10.6 Å². The second kappa shape index (κ2) is 5.13. The number of amides is 1. The SMILES string of the molecule is N=[N+]=CC(=O)NCCC(=O)O. The minimum atomic E-state index is -0.979. The van der Waals surface area contributed by atoms with Gasteiger partial charge in [-0.05, 0) is 0 Å². The van der Waals surface area contributed by atoms with Crippen molar-refractivity contribution < 1.29 is 19.5 Å². The Morgan fingerprint density at radius 1 is 1.64 bits per heavy atom. The Labute approximate surface area is 62.4 Å². The van der Waals surface area contributed by atoms with Crippen LogP contribution in [-0.4, -0.2) is 34.5 Å². The number of carboxylic acids is 1. The molecule has 0 bridgehead atoms. The molecule has 6 heteroatoms. The molecule has 0 aromatic carbocycles. The molecule has 0 unspecified atom stereocenters. The Morgan fingerprint density at radius 3 is 2.73 bits per heavy atom. The molecule has 0 spiro atoms. The number of rotatable bonds is 4. The summed E-state index contributed by atoms with van der Waals surface area (Å²) in [5.41, 5.74) is 6.25. The number of hydrogen-bond acceptors (Lipinski definition) is 3. The Hall–Kier alpha value is -1.68. The van der Waals surface area contributed by atoms with Crippen LogP contribution in [0.15, 0.2) is 0 Å². The maximum atomic E-state index is 10.5. The van der Waals surface area contributed by atoms with E-state index in [9.17, 15) is 9.59 Å². The summed E-state index contributed by atoms with van der Waals surface area (Å²) >= 11 is 0.